The highest BCUT2D eigenvalue weighted by Crippen LogP contribution is 2.19. The van der Waals surface area contributed by atoms with Crippen molar-refractivity contribution in [2.75, 3.05) is 26.7 Å². The van der Waals surface area contributed by atoms with Crippen LogP contribution in [0.2, 0.25) is 0 Å². The smallest absolute Gasteiger partial charge is 0.0964 e. The molecule has 21 heavy (non-hydrogen) atoms. The van der Waals surface area contributed by atoms with Crippen molar-refractivity contribution in [2.45, 2.75) is 57.9 Å². The quantitative estimate of drug-likeness (QED) is 0.830. The predicted molar refractivity (Wildman–Crippen MR) is 83.0 cm³/mol. The monoisotopic (exact) mass is 292 g/mol. The van der Waals surface area contributed by atoms with Gasteiger partial charge in [0.15, 0.2) is 0 Å². The number of hydrogen-bond donors (Lipinski definition) is 1. The Hall–Kier alpha value is -0.980. The second-order valence-corrected chi connectivity index (χ2v) is 6.75. The summed E-state index contributed by atoms with van der Waals surface area (Å²) in [7, 11) is 2.23. The summed E-state index contributed by atoms with van der Waals surface area (Å²) in [5.74, 6) is 0. The molecule has 0 bridgehead atoms. The maximum absolute atomic E-state index is 4.25. The Morgan fingerprint density at radius 3 is 2.57 bits per heavy atom. The van der Waals surface area contributed by atoms with Gasteiger partial charge in [-0.2, -0.15) is 0 Å². The van der Waals surface area contributed by atoms with E-state index in [1.165, 1.54) is 12.8 Å². The fourth-order valence-corrected chi connectivity index (χ4v) is 3.01. The molecule has 0 radical (unpaired) electrons. The van der Waals surface area contributed by atoms with Crippen LogP contribution in [0.3, 0.4) is 0 Å². The van der Waals surface area contributed by atoms with E-state index in [1.807, 2.05) is 4.68 Å². The largest absolute Gasteiger partial charge is 0.308 e. The summed E-state index contributed by atoms with van der Waals surface area (Å²) in [6, 6.07) is 1.98. The highest BCUT2D eigenvalue weighted by atomic mass is 15.4. The van der Waals surface area contributed by atoms with Crippen LogP contribution in [0.1, 0.15) is 32.4 Å². The number of aromatic nitrogens is 3. The van der Waals surface area contributed by atoms with Gasteiger partial charge in [0.2, 0.25) is 0 Å². The number of hydrogen-bond acceptors (Lipinski definition) is 5. The normalized spacial score (nSPS) is 28.1. The minimum Gasteiger partial charge on any atom is -0.308 e. The van der Waals surface area contributed by atoms with Gasteiger partial charge in [-0.05, 0) is 33.7 Å². The van der Waals surface area contributed by atoms with E-state index in [4.69, 9.17) is 0 Å². The SMILES string of the molecule is CC1CN(CCn2cc(CNC3CC3)nn2)CC(C)N1C. The summed E-state index contributed by atoms with van der Waals surface area (Å²) in [6.07, 6.45) is 4.71. The van der Waals surface area contributed by atoms with Crippen LogP contribution in [0.5, 0.6) is 0 Å². The van der Waals surface area contributed by atoms with Crippen molar-refractivity contribution in [2.24, 2.45) is 0 Å². The molecule has 2 fully saturated rings. The average molecular weight is 292 g/mol. The third-order valence-electron chi connectivity index (χ3n) is 4.82. The first-order valence-corrected chi connectivity index (χ1v) is 8.18. The van der Waals surface area contributed by atoms with Gasteiger partial charge in [-0.15, -0.1) is 5.10 Å². The molecule has 2 unspecified atom stereocenters. The molecule has 1 N–H and O–H groups in total. The van der Waals surface area contributed by atoms with Crippen molar-refractivity contribution in [3.8, 4) is 0 Å². The van der Waals surface area contributed by atoms with Crippen molar-refractivity contribution >= 4 is 0 Å². The topological polar surface area (TPSA) is 49.2 Å². The molecule has 1 saturated heterocycles. The maximum atomic E-state index is 4.25. The van der Waals surface area contributed by atoms with Gasteiger partial charge in [0.25, 0.3) is 0 Å². The van der Waals surface area contributed by atoms with Gasteiger partial charge in [0.05, 0.1) is 12.2 Å². The Morgan fingerprint density at radius 2 is 1.90 bits per heavy atom. The predicted octanol–water partition coefficient (Wildman–Crippen LogP) is 0.555. The molecule has 2 aliphatic rings. The molecule has 3 rings (SSSR count). The molecule has 1 aliphatic heterocycles. The zero-order valence-electron chi connectivity index (χ0n) is 13.5. The Balaban J connectivity index is 1.44. The highest BCUT2D eigenvalue weighted by molar-refractivity contribution is 4.94. The lowest BCUT2D eigenvalue weighted by Gasteiger charge is -2.42. The van der Waals surface area contributed by atoms with E-state index in [1.54, 1.807) is 0 Å². The molecule has 6 nitrogen and oxygen atoms in total. The van der Waals surface area contributed by atoms with Gasteiger partial charge in [-0.1, -0.05) is 5.21 Å². The van der Waals surface area contributed by atoms with Gasteiger partial charge in [-0.25, -0.2) is 0 Å². The van der Waals surface area contributed by atoms with E-state index in [-0.39, 0.29) is 0 Å². The van der Waals surface area contributed by atoms with Crippen LogP contribution in [-0.2, 0) is 13.1 Å². The molecule has 0 aromatic carbocycles. The van der Waals surface area contributed by atoms with Crippen LogP contribution in [0.15, 0.2) is 6.20 Å². The summed E-state index contributed by atoms with van der Waals surface area (Å²) in [5.41, 5.74) is 1.06. The second kappa shape index (κ2) is 6.42. The Bertz CT molecular complexity index is 443. The first kappa shape index (κ1) is 14.9. The van der Waals surface area contributed by atoms with Crippen LogP contribution in [-0.4, -0.2) is 69.6 Å². The molecule has 0 amide bonds. The van der Waals surface area contributed by atoms with E-state index in [2.05, 4.69) is 52.5 Å². The van der Waals surface area contributed by atoms with Gasteiger partial charge < -0.3 is 5.32 Å². The van der Waals surface area contributed by atoms with Crippen molar-refractivity contribution < 1.29 is 0 Å². The summed E-state index contributed by atoms with van der Waals surface area (Å²) in [5, 5.41) is 12.0. The molecule has 1 saturated carbocycles. The molecular weight excluding hydrogens is 264 g/mol. The molecule has 2 heterocycles. The van der Waals surface area contributed by atoms with Crippen LogP contribution >= 0.6 is 0 Å². The second-order valence-electron chi connectivity index (χ2n) is 6.75. The number of rotatable bonds is 6. The molecule has 1 aromatic heterocycles. The molecule has 1 aromatic rings. The molecular formula is C15H28N6. The fourth-order valence-electron chi connectivity index (χ4n) is 3.01. The zero-order valence-corrected chi connectivity index (χ0v) is 13.5. The summed E-state index contributed by atoms with van der Waals surface area (Å²) < 4.78 is 1.98. The first-order chi connectivity index (χ1) is 10.1. The third-order valence-corrected chi connectivity index (χ3v) is 4.82. The van der Waals surface area contributed by atoms with E-state index >= 15 is 0 Å². The van der Waals surface area contributed by atoms with Crippen LogP contribution in [0.4, 0.5) is 0 Å². The minimum atomic E-state index is 0.628. The first-order valence-electron chi connectivity index (χ1n) is 8.18. The zero-order chi connectivity index (χ0) is 14.8. The van der Waals surface area contributed by atoms with E-state index < -0.39 is 0 Å². The average Bonchev–Trinajstić information content (AvgIpc) is 3.18. The summed E-state index contributed by atoms with van der Waals surface area (Å²) in [6.45, 7) is 9.74. The Labute approximate surface area is 127 Å². The fraction of sp³-hybridized carbons (Fsp3) is 0.867. The van der Waals surface area contributed by atoms with Gasteiger partial charge in [-0.3, -0.25) is 14.5 Å². The number of piperazine rings is 1. The van der Waals surface area contributed by atoms with Crippen molar-refractivity contribution in [1.29, 1.82) is 0 Å². The van der Waals surface area contributed by atoms with Crippen LogP contribution in [0.25, 0.3) is 0 Å². The lowest BCUT2D eigenvalue weighted by atomic mass is 10.1. The van der Waals surface area contributed by atoms with E-state index in [0.717, 1.165) is 44.5 Å². The molecule has 6 heteroatoms. The van der Waals surface area contributed by atoms with Gasteiger partial charge in [0, 0.05) is 50.5 Å². The van der Waals surface area contributed by atoms with E-state index in [0.29, 0.717) is 12.1 Å². The Morgan fingerprint density at radius 1 is 1.19 bits per heavy atom. The lowest BCUT2D eigenvalue weighted by molar-refractivity contribution is 0.0574. The lowest BCUT2D eigenvalue weighted by Crippen LogP contribution is -2.55. The molecule has 1 aliphatic carbocycles. The molecule has 118 valence electrons. The van der Waals surface area contributed by atoms with Crippen molar-refractivity contribution in [3.05, 3.63) is 11.9 Å². The van der Waals surface area contributed by atoms with Crippen LogP contribution in [0, 0.1) is 0 Å². The number of likely N-dealkylation sites (N-methyl/N-ethyl adjacent to an activating group) is 1. The third kappa shape index (κ3) is 4.02. The maximum Gasteiger partial charge on any atom is 0.0964 e. The molecule has 0 spiro atoms. The minimum absolute atomic E-state index is 0.628. The summed E-state index contributed by atoms with van der Waals surface area (Å²) >= 11 is 0. The standard InChI is InChI=1S/C15H28N6/c1-12-9-20(10-13(2)19(12)3)6-7-21-11-15(17-18-21)8-16-14-4-5-14/h11-14,16H,4-10H2,1-3H3. The summed E-state index contributed by atoms with van der Waals surface area (Å²) in [4.78, 5) is 5.01. The van der Waals surface area contributed by atoms with Gasteiger partial charge >= 0.3 is 0 Å². The highest BCUT2D eigenvalue weighted by Gasteiger charge is 2.26. The number of nitrogens with zero attached hydrogens (tertiary/aromatic N) is 5. The van der Waals surface area contributed by atoms with Gasteiger partial charge in [0.1, 0.15) is 0 Å². The number of nitrogens with one attached hydrogen (secondary N) is 1. The van der Waals surface area contributed by atoms with Crippen molar-refractivity contribution in [1.82, 2.24) is 30.1 Å². The molecule has 2 atom stereocenters. The van der Waals surface area contributed by atoms with E-state index in [9.17, 15) is 0 Å². The Kier molecular flexibility index (Phi) is 4.57. The van der Waals surface area contributed by atoms with Crippen molar-refractivity contribution in [3.63, 3.8) is 0 Å². The van der Waals surface area contributed by atoms with Crippen LogP contribution < -0.4 is 5.32 Å².